The normalized spacial score (nSPS) is 17.8. The van der Waals surface area contributed by atoms with E-state index < -0.39 is 0 Å². The van der Waals surface area contributed by atoms with Crippen molar-refractivity contribution in [3.05, 3.63) is 42.1 Å². The van der Waals surface area contributed by atoms with Gasteiger partial charge in [-0.15, -0.1) is 0 Å². The van der Waals surface area contributed by atoms with Crippen LogP contribution in [0.5, 0.6) is 0 Å². The quantitative estimate of drug-likeness (QED) is 0.871. The number of amides is 2. The summed E-state index contributed by atoms with van der Waals surface area (Å²) in [5.41, 5.74) is 1.49. The predicted molar refractivity (Wildman–Crippen MR) is 93.7 cm³/mol. The molecule has 1 fully saturated rings. The molecule has 0 bridgehead atoms. The Bertz CT molecular complexity index is 759. The third-order valence-electron chi connectivity index (χ3n) is 4.70. The number of aromatic nitrogens is 1. The SMILES string of the molecule is CC(=O)N1CCCC(CN(C)C(=O)c2ccc3cccnc3c2)C1. The summed E-state index contributed by atoms with van der Waals surface area (Å²) in [5, 5.41) is 1.03. The third kappa shape index (κ3) is 3.55. The van der Waals surface area contributed by atoms with Crippen molar-refractivity contribution in [2.45, 2.75) is 19.8 Å². The van der Waals surface area contributed by atoms with Gasteiger partial charge in [0, 0.05) is 50.8 Å². The Morgan fingerprint density at radius 3 is 2.96 bits per heavy atom. The predicted octanol–water partition coefficient (Wildman–Crippen LogP) is 2.57. The van der Waals surface area contributed by atoms with Crippen molar-refractivity contribution in [1.29, 1.82) is 0 Å². The Kier molecular flexibility index (Phi) is 4.79. The van der Waals surface area contributed by atoms with Crippen LogP contribution in [0.15, 0.2) is 36.5 Å². The second-order valence-electron chi connectivity index (χ2n) is 6.57. The van der Waals surface area contributed by atoms with Crippen molar-refractivity contribution in [2.24, 2.45) is 5.92 Å². The molecule has 1 unspecified atom stereocenters. The minimum Gasteiger partial charge on any atom is -0.343 e. The zero-order valence-corrected chi connectivity index (χ0v) is 14.2. The van der Waals surface area contributed by atoms with E-state index in [1.807, 2.05) is 42.3 Å². The van der Waals surface area contributed by atoms with E-state index in [9.17, 15) is 9.59 Å². The molecule has 0 saturated carbocycles. The summed E-state index contributed by atoms with van der Waals surface area (Å²) in [5.74, 6) is 0.465. The van der Waals surface area contributed by atoms with Crippen LogP contribution in [-0.2, 0) is 4.79 Å². The minimum absolute atomic E-state index is 0.00232. The molecule has 2 heterocycles. The molecule has 1 aliphatic heterocycles. The highest BCUT2D eigenvalue weighted by atomic mass is 16.2. The molecule has 5 heteroatoms. The van der Waals surface area contributed by atoms with Gasteiger partial charge in [-0.3, -0.25) is 14.6 Å². The van der Waals surface area contributed by atoms with Gasteiger partial charge in [-0.2, -0.15) is 0 Å². The van der Waals surface area contributed by atoms with E-state index in [-0.39, 0.29) is 11.8 Å². The van der Waals surface area contributed by atoms with Gasteiger partial charge in [-0.05, 0) is 37.0 Å². The number of hydrogen-bond donors (Lipinski definition) is 0. The van der Waals surface area contributed by atoms with E-state index in [1.54, 1.807) is 18.0 Å². The van der Waals surface area contributed by atoms with Crippen LogP contribution in [0.1, 0.15) is 30.1 Å². The van der Waals surface area contributed by atoms with Crippen LogP contribution in [0.25, 0.3) is 10.9 Å². The molecular weight excluding hydrogens is 302 g/mol. The lowest BCUT2D eigenvalue weighted by molar-refractivity contribution is -0.130. The number of fused-ring (bicyclic) bond motifs is 1. The molecule has 1 saturated heterocycles. The molecule has 2 aromatic rings. The minimum atomic E-state index is 0.00232. The van der Waals surface area contributed by atoms with Gasteiger partial charge in [-0.25, -0.2) is 0 Å². The molecule has 0 radical (unpaired) electrons. The first-order valence-corrected chi connectivity index (χ1v) is 8.40. The lowest BCUT2D eigenvalue weighted by Crippen LogP contribution is -2.43. The van der Waals surface area contributed by atoms with E-state index in [1.165, 1.54) is 0 Å². The zero-order valence-electron chi connectivity index (χ0n) is 14.2. The highest BCUT2D eigenvalue weighted by molar-refractivity contribution is 5.97. The van der Waals surface area contributed by atoms with E-state index in [0.717, 1.165) is 36.8 Å². The number of nitrogens with zero attached hydrogens (tertiary/aromatic N) is 3. The molecule has 0 N–H and O–H groups in total. The average Bonchev–Trinajstić information content (AvgIpc) is 2.60. The standard InChI is InChI=1S/C19H23N3O2/c1-14(23)22-10-4-5-15(13-22)12-21(2)19(24)17-8-7-16-6-3-9-20-18(16)11-17/h3,6-9,11,15H,4-5,10,12-13H2,1-2H3. The second kappa shape index (κ2) is 6.99. The first kappa shape index (κ1) is 16.4. The van der Waals surface area contributed by atoms with Gasteiger partial charge in [0.25, 0.3) is 5.91 Å². The fraction of sp³-hybridized carbons (Fsp3) is 0.421. The molecule has 0 aliphatic carbocycles. The summed E-state index contributed by atoms with van der Waals surface area (Å²) in [6.07, 6.45) is 3.80. The van der Waals surface area contributed by atoms with Gasteiger partial charge >= 0.3 is 0 Å². The number of hydrogen-bond acceptors (Lipinski definition) is 3. The highest BCUT2D eigenvalue weighted by Crippen LogP contribution is 2.19. The van der Waals surface area contributed by atoms with Crippen molar-refractivity contribution in [1.82, 2.24) is 14.8 Å². The highest BCUT2D eigenvalue weighted by Gasteiger charge is 2.24. The number of carbonyl (C=O) groups is 2. The molecule has 3 rings (SSSR count). The van der Waals surface area contributed by atoms with E-state index in [2.05, 4.69) is 4.98 Å². The molecule has 0 spiro atoms. The summed E-state index contributed by atoms with van der Waals surface area (Å²) in [6, 6.07) is 9.50. The fourth-order valence-corrected chi connectivity index (χ4v) is 3.39. The van der Waals surface area contributed by atoms with Crippen LogP contribution in [-0.4, -0.2) is 53.3 Å². The first-order valence-electron chi connectivity index (χ1n) is 8.40. The molecule has 126 valence electrons. The molecular formula is C19H23N3O2. The van der Waals surface area contributed by atoms with Crippen molar-refractivity contribution in [2.75, 3.05) is 26.7 Å². The molecule has 5 nitrogen and oxygen atoms in total. The van der Waals surface area contributed by atoms with Gasteiger partial charge < -0.3 is 9.80 Å². The number of carbonyl (C=O) groups excluding carboxylic acids is 2. The number of pyridine rings is 1. The fourth-order valence-electron chi connectivity index (χ4n) is 3.39. The Labute approximate surface area is 142 Å². The third-order valence-corrected chi connectivity index (χ3v) is 4.70. The molecule has 24 heavy (non-hydrogen) atoms. The van der Waals surface area contributed by atoms with Gasteiger partial charge in [0.05, 0.1) is 5.52 Å². The Morgan fingerprint density at radius 1 is 1.33 bits per heavy atom. The average molecular weight is 325 g/mol. The summed E-state index contributed by atoms with van der Waals surface area (Å²) in [4.78, 5) is 32.2. The molecule has 1 aliphatic rings. The maximum Gasteiger partial charge on any atom is 0.253 e. The maximum absolute atomic E-state index is 12.7. The lowest BCUT2D eigenvalue weighted by atomic mass is 9.97. The molecule has 2 amide bonds. The van der Waals surface area contributed by atoms with Crippen molar-refractivity contribution in [3.63, 3.8) is 0 Å². The zero-order chi connectivity index (χ0) is 17.1. The van der Waals surface area contributed by atoms with Crippen LogP contribution < -0.4 is 0 Å². The summed E-state index contributed by atoms with van der Waals surface area (Å²) >= 11 is 0. The Hall–Kier alpha value is -2.43. The van der Waals surface area contributed by atoms with Crippen LogP contribution in [0.3, 0.4) is 0 Å². The lowest BCUT2D eigenvalue weighted by Gasteiger charge is -2.34. The van der Waals surface area contributed by atoms with Crippen LogP contribution in [0.2, 0.25) is 0 Å². The second-order valence-corrected chi connectivity index (χ2v) is 6.57. The smallest absolute Gasteiger partial charge is 0.253 e. The molecule has 1 aromatic heterocycles. The number of piperidine rings is 1. The van der Waals surface area contributed by atoms with Gasteiger partial charge in [0.2, 0.25) is 5.91 Å². The van der Waals surface area contributed by atoms with Crippen LogP contribution in [0, 0.1) is 5.92 Å². The van der Waals surface area contributed by atoms with E-state index in [4.69, 9.17) is 0 Å². The molecule has 1 atom stereocenters. The Balaban J connectivity index is 1.68. The summed E-state index contributed by atoms with van der Waals surface area (Å²) in [7, 11) is 1.83. The van der Waals surface area contributed by atoms with Gasteiger partial charge in [0.1, 0.15) is 0 Å². The van der Waals surface area contributed by atoms with Crippen LogP contribution in [0.4, 0.5) is 0 Å². The summed E-state index contributed by atoms with van der Waals surface area (Å²) in [6.45, 7) is 3.86. The van der Waals surface area contributed by atoms with Crippen molar-refractivity contribution >= 4 is 22.7 Å². The van der Waals surface area contributed by atoms with Crippen LogP contribution >= 0.6 is 0 Å². The monoisotopic (exact) mass is 325 g/mol. The molecule has 1 aromatic carbocycles. The summed E-state index contributed by atoms with van der Waals surface area (Å²) < 4.78 is 0. The van der Waals surface area contributed by atoms with Gasteiger partial charge in [0.15, 0.2) is 0 Å². The topological polar surface area (TPSA) is 53.5 Å². The van der Waals surface area contributed by atoms with E-state index in [0.29, 0.717) is 18.0 Å². The van der Waals surface area contributed by atoms with Crippen molar-refractivity contribution < 1.29 is 9.59 Å². The van der Waals surface area contributed by atoms with E-state index >= 15 is 0 Å². The van der Waals surface area contributed by atoms with Gasteiger partial charge in [-0.1, -0.05) is 12.1 Å². The number of benzene rings is 1. The Morgan fingerprint density at radius 2 is 2.17 bits per heavy atom. The maximum atomic E-state index is 12.7. The first-order chi connectivity index (χ1) is 11.5. The largest absolute Gasteiger partial charge is 0.343 e. The number of likely N-dealkylation sites (tertiary alicyclic amines) is 1. The number of rotatable bonds is 3. The van der Waals surface area contributed by atoms with Crippen molar-refractivity contribution in [3.8, 4) is 0 Å².